The molecule has 0 amide bonds. The summed E-state index contributed by atoms with van der Waals surface area (Å²) < 4.78 is 30.0. The molecule has 6 nitrogen and oxygen atoms in total. The van der Waals surface area contributed by atoms with Crippen LogP contribution >= 0.6 is 0 Å². The summed E-state index contributed by atoms with van der Waals surface area (Å²) >= 11 is 0. The molecule has 0 bridgehead atoms. The molecule has 2 rings (SSSR count). The summed E-state index contributed by atoms with van der Waals surface area (Å²) in [5.41, 5.74) is 0.708. The predicted molar refractivity (Wildman–Crippen MR) is 120 cm³/mol. The number of benzene rings is 1. The lowest BCUT2D eigenvalue weighted by Crippen LogP contribution is -2.44. The van der Waals surface area contributed by atoms with Crippen LogP contribution in [0.1, 0.15) is 38.5 Å². The van der Waals surface area contributed by atoms with Crippen molar-refractivity contribution < 1.29 is 13.5 Å². The summed E-state index contributed by atoms with van der Waals surface area (Å²) in [4.78, 5) is 8.63. The van der Waals surface area contributed by atoms with E-state index in [4.69, 9.17) is 0 Å². The van der Waals surface area contributed by atoms with Gasteiger partial charge in [0.2, 0.25) is 0 Å². The van der Waals surface area contributed by atoms with Crippen LogP contribution in [-0.2, 0) is 0 Å². The molecule has 30 heavy (non-hydrogen) atoms. The molecule has 1 aliphatic heterocycles. The Labute approximate surface area is 179 Å². The number of alkyl halides is 2. The van der Waals surface area contributed by atoms with E-state index in [0.717, 1.165) is 45.0 Å². The number of nitrogens with one attached hydrogen (secondary N) is 2. The van der Waals surface area contributed by atoms with Gasteiger partial charge in [-0.25, -0.2) is 0 Å². The molecule has 1 fully saturated rings. The van der Waals surface area contributed by atoms with E-state index in [1.807, 2.05) is 12.1 Å². The fraction of sp³-hybridized carbons (Fsp3) is 0.682. The monoisotopic (exact) mass is 425 g/mol. The van der Waals surface area contributed by atoms with Crippen LogP contribution in [0.15, 0.2) is 29.3 Å². The van der Waals surface area contributed by atoms with E-state index in [-0.39, 0.29) is 11.8 Å². The van der Waals surface area contributed by atoms with Crippen molar-refractivity contribution in [2.45, 2.75) is 51.2 Å². The number of unbranched alkanes of at least 4 members (excludes halogenated alkanes) is 4. The van der Waals surface area contributed by atoms with Gasteiger partial charge in [-0.1, -0.05) is 31.4 Å². The van der Waals surface area contributed by atoms with Gasteiger partial charge >= 0.3 is 6.61 Å². The van der Waals surface area contributed by atoms with Crippen molar-refractivity contribution in [3.05, 3.63) is 24.3 Å². The maximum absolute atomic E-state index is 12.7. The summed E-state index contributed by atoms with van der Waals surface area (Å²) in [6.45, 7) is 0.737. The number of nitrogens with zero attached hydrogens (tertiary/aromatic N) is 3. The van der Waals surface area contributed by atoms with Gasteiger partial charge in [0, 0.05) is 32.7 Å². The second-order valence-corrected chi connectivity index (χ2v) is 7.99. The van der Waals surface area contributed by atoms with Gasteiger partial charge in [-0.15, -0.1) is 0 Å². The van der Waals surface area contributed by atoms with E-state index in [9.17, 15) is 8.78 Å². The second kappa shape index (κ2) is 13.3. The van der Waals surface area contributed by atoms with Gasteiger partial charge in [0.25, 0.3) is 0 Å². The largest absolute Gasteiger partial charge is 0.433 e. The van der Waals surface area contributed by atoms with Crippen molar-refractivity contribution in [3.8, 4) is 5.75 Å². The molecule has 1 saturated heterocycles. The van der Waals surface area contributed by atoms with E-state index in [2.05, 4.69) is 44.3 Å². The summed E-state index contributed by atoms with van der Waals surface area (Å²) in [6, 6.07) is 7.17. The highest BCUT2D eigenvalue weighted by Crippen LogP contribution is 2.31. The molecule has 0 spiro atoms. The van der Waals surface area contributed by atoms with Crippen LogP contribution in [0.4, 0.5) is 14.5 Å². The number of halogens is 2. The number of para-hydroxylation sites is 2. The van der Waals surface area contributed by atoms with Gasteiger partial charge in [-0.2, -0.15) is 8.78 Å². The predicted octanol–water partition coefficient (Wildman–Crippen LogP) is 3.54. The zero-order valence-electron chi connectivity index (χ0n) is 18.5. The third kappa shape index (κ3) is 8.73. The van der Waals surface area contributed by atoms with Crippen molar-refractivity contribution in [3.63, 3.8) is 0 Å². The van der Waals surface area contributed by atoms with E-state index in [1.165, 1.54) is 25.7 Å². The Balaban J connectivity index is 1.69. The first kappa shape index (κ1) is 24.2. The molecular weight excluding hydrogens is 388 g/mol. The maximum Gasteiger partial charge on any atom is 0.387 e. The minimum Gasteiger partial charge on any atom is -0.433 e. The average Bonchev–Trinajstić information content (AvgIpc) is 3.17. The van der Waals surface area contributed by atoms with E-state index in [1.54, 1.807) is 19.2 Å². The molecule has 1 heterocycles. The van der Waals surface area contributed by atoms with Gasteiger partial charge in [0.05, 0.1) is 5.69 Å². The Morgan fingerprint density at radius 3 is 2.67 bits per heavy atom. The first-order valence-electron chi connectivity index (χ1n) is 10.9. The second-order valence-electron chi connectivity index (χ2n) is 7.99. The van der Waals surface area contributed by atoms with Crippen LogP contribution < -0.4 is 20.3 Å². The van der Waals surface area contributed by atoms with Crippen LogP contribution in [-0.4, -0.2) is 70.8 Å². The molecule has 170 valence electrons. The number of hydrogen-bond acceptors (Lipinski definition) is 4. The van der Waals surface area contributed by atoms with Gasteiger partial charge in [0.15, 0.2) is 5.96 Å². The van der Waals surface area contributed by atoms with Crippen LogP contribution in [0, 0.1) is 0 Å². The summed E-state index contributed by atoms with van der Waals surface area (Å²) in [5.74, 6) is 1.02. The minimum absolute atomic E-state index is 0.210. The summed E-state index contributed by atoms with van der Waals surface area (Å²) in [6.07, 6.45) is 7.05. The van der Waals surface area contributed by atoms with Gasteiger partial charge in [-0.3, -0.25) is 4.99 Å². The molecule has 0 radical (unpaired) electrons. The van der Waals surface area contributed by atoms with E-state index >= 15 is 0 Å². The minimum atomic E-state index is -2.82. The third-order valence-corrected chi connectivity index (χ3v) is 5.25. The zero-order chi connectivity index (χ0) is 21.8. The van der Waals surface area contributed by atoms with E-state index < -0.39 is 6.61 Å². The molecule has 8 heteroatoms. The first-order chi connectivity index (χ1) is 14.5. The van der Waals surface area contributed by atoms with Gasteiger partial charge in [-0.05, 0) is 52.0 Å². The number of anilines is 1. The van der Waals surface area contributed by atoms with Crippen molar-refractivity contribution in [2.24, 2.45) is 4.99 Å². The smallest absolute Gasteiger partial charge is 0.387 e. The first-order valence-corrected chi connectivity index (χ1v) is 10.9. The third-order valence-electron chi connectivity index (χ3n) is 5.25. The number of guanidine groups is 1. The molecule has 1 aromatic carbocycles. The summed E-state index contributed by atoms with van der Waals surface area (Å²) in [7, 11) is 6.00. The number of rotatable bonds is 12. The van der Waals surface area contributed by atoms with Crippen molar-refractivity contribution in [1.82, 2.24) is 15.5 Å². The SMILES string of the molecule is CN=C(NCCCCCCCN(C)C)NC1CCN(c2ccccc2OC(F)F)C1. The maximum atomic E-state index is 12.7. The van der Waals surface area contributed by atoms with Crippen molar-refractivity contribution in [2.75, 3.05) is 52.2 Å². The highest BCUT2D eigenvalue weighted by molar-refractivity contribution is 5.80. The zero-order valence-corrected chi connectivity index (χ0v) is 18.5. The standard InChI is InChI=1S/C22H37F2N5O/c1-25-22(26-14-9-5-4-6-10-15-28(2)3)27-18-13-16-29(17-18)19-11-7-8-12-20(19)30-21(23)24/h7-8,11-12,18,21H,4-6,9-10,13-17H2,1-3H3,(H2,25,26,27). The highest BCUT2D eigenvalue weighted by Gasteiger charge is 2.25. The quantitative estimate of drug-likeness (QED) is 0.305. The molecule has 2 N–H and O–H groups in total. The Kier molecular flexibility index (Phi) is 10.7. The topological polar surface area (TPSA) is 52.1 Å². The molecule has 0 aromatic heterocycles. The number of aliphatic imine (C=N–C) groups is 1. The lowest BCUT2D eigenvalue weighted by molar-refractivity contribution is -0.0495. The molecule has 1 aromatic rings. The average molecular weight is 426 g/mol. The lowest BCUT2D eigenvalue weighted by atomic mass is 10.1. The Morgan fingerprint density at radius 1 is 1.20 bits per heavy atom. The van der Waals surface area contributed by atoms with Crippen LogP contribution in [0.2, 0.25) is 0 Å². The van der Waals surface area contributed by atoms with Crippen LogP contribution in [0.25, 0.3) is 0 Å². The number of hydrogen-bond donors (Lipinski definition) is 2. The Bertz CT molecular complexity index is 642. The molecule has 0 saturated carbocycles. The Morgan fingerprint density at radius 2 is 1.93 bits per heavy atom. The fourth-order valence-corrected chi connectivity index (χ4v) is 3.69. The van der Waals surface area contributed by atoms with E-state index in [0.29, 0.717) is 5.69 Å². The molecule has 1 aliphatic rings. The lowest BCUT2D eigenvalue weighted by Gasteiger charge is -2.22. The molecule has 1 unspecified atom stereocenters. The highest BCUT2D eigenvalue weighted by atomic mass is 19.3. The molecular formula is C22H37F2N5O. The van der Waals surface area contributed by atoms with Crippen LogP contribution in [0.5, 0.6) is 5.75 Å². The van der Waals surface area contributed by atoms with Crippen molar-refractivity contribution >= 4 is 11.6 Å². The normalized spacial score (nSPS) is 17.1. The number of ether oxygens (including phenoxy) is 1. The Hall–Kier alpha value is -2.09. The fourth-order valence-electron chi connectivity index (χ4n) is 3.69. The van der Waals surface area contributed by atoms with Crippen LogP contribution in [0.3, 0.4) is 0 Å². The van der Waals surface area contributed by atoms with Crippen molar-refractivity contribution in [1.29, 1.82) is 0 Å². The van der Waals surface area contributed by atoms with Gasteiger partial charge < -0.3 is 25.2 Å². The molecule has 1 atom stereocenters. The summed E-state index contributed by atoms with van der Waals surface area (Å²) in [5, 5.41) is 6.84. The molecule has 0 aliphatic carbocycles. The van der Waals surface area contributed by atoms with Gasteiger partial charge in [0.1, 0.15) is 5.75 Å².